The zero-order valence-electron chi connectivity index (χ0n) is 20.0. The molecule has 5 rings (SSSR count). The lowest BCUT2D eigenvalue weighted by Gasteiger charge is -2.39. The molecule has 0 aliphatic carbocycles. The number of carbonyl (C=O) groups excluding carboxylic acids is 1. The molecule has 36 heavy (non-hydrogen) atoms. The highest BCUT2D eigenvalue weighted by Crippen LogP contribution is 2.37. The van der Waals surface area contributed by atoms with Crippen LogP contribution in [-0.4, -0.2) is 74.8 Å². The summed E-state index contributed by atoms with van der Waals surface area (Å²) in [7, 11) is -2.11. The fourth-order valence-electron chi connectivity index (χ4n) is 4.95. The van der Waals surface area contributed by atoms with Crippen molar-refractivity contribution in [2.45, 2.75) is 17.4 Å². The van der Waals surface area contributed by atoms with Gasteiger partial charge in [0, 0.05) is 37.6 Å². The van der Waals surface area contributed by atoms with E-state index in [1.807, 2.05) is 11.4 Å². The standard InChI is InChI=1S/C26H28FN3O4S2/c1-34-21-5-7-22(8-6-21)36(32,33)30-14-12-28(13-15-30)25(31)18-29-11-9-24-23(10-16-35-24)26(29)19-3-2-4-20(27)17-19/h2-8,10,16-17,26H,9,11-15,18H2,1H3/t26-/m1/s1. The number of amides is 1. The number of ether oxygens (including phenoxy) is 1. The second kappa shape index (κ2) is 10.3. The Morgan fingerprint density at radius 3 is 2.50 bits per heavy atom. The van der Waals surface area contributed by atoms with E-state index >= 15 is 0 Å². The van der Waals surface area contributed by atoms with Crippen molar-refractivity contribution in [1.29, 1.82) is 0 Å². The fraction of sp³-hybridized carbons (Fsp3) is 0.346. The van der Waals surface area contributed by atoms with Crippen molar-refractivity contribution in [2.75, 3.05) is 46.4 Å². The number of carbonyl (C=O) groups is 1. The summed E-state index contributed by atoms with van der Waals surface area (Å²) in [6, 6.07) is 14.8. The van der Waals surface area contributed by atoms with Crippen LogP contribution in [0.2, 0.25) is 0 Å². The number of hydrogen-bond acceptors (Lipinski definition) is 6. The van der Waals surface area contributed by atoms with Gasteiger partial charge in [-0.2, -0.15) is 4.31 Å². The first-order valence-corrected chi connectivity index (χ1v) is 14.2. The van der Waals surface area contributed by atoms with E-state index in [0.717, 1.165) is 17.5 Å². The monoisotopic (exact) mass is 529 g/mol. The van der Waals surface area contributed by atoms with E-state index in [4.69, 9.17) is 4.74 Å². The van der Waals surface area contributed by atoms with Crippen molar-refractivity contribution in [3.05, 3.63) is 81.8 Å². The van der Waals surface area contributed by atoms with E-state index in [9.17, 15) is 17.6 Å². The Labute approximate surface area is 214 Å². The number of hydrogen-bond donors (Lipinski definition) is 0. The van der Waals surface area contributed by atoms with Crippen LogP contribution in [0.3, 0.4) is 0 Å². The maximum absolute atomic E-state index is 14.0. The molecule has 190 valence electrons. The van der Waals surface area contributed by atoms with Gasteiger partial charge in [-0.05, 0) is 65.4 Å². The van der Waals surface area contributed by atoms with E-state index in [1.165, 1.54) is 40.6 Å². The van der Waals surface area contributed by atoms with Crippen LogP contribution in [0.5, 0.6) is 5.75 Å². The quantitative estimate of drug-likeness (QED) is 0.490. The molecule has 7 nitrogen and oxygen atoms in total. The molecule has 0 N–H and O–H groups in total. The number of piperazine rings is 1. The summed E-state index contributed by atoms with van der Waals surface area (Å²) in [6.07, 6.45) is 0.847. The van der Waals surface area contributed by atoms with Crippen LogP contribution in [0.4, 0.5) is 4.39 Å². The van der Waals surface area contributed by atoms with E-state index in [2.05, 4.69) is 11.0 Å². The third kappa shape index (κ3) is 4.90. The van der Waals surface area contributed by atoms with Gasteiger partial charge in [0.15, 0.2) is 0 Å². The number of thiophene rings is 1. The Hall–Kier alpha value is -2.79. The van der Waals surface area contributed by atoms with Crippen LogP contribution in [0.1, 0.15) is 22.0 Å². The van der Waals surface area contributed by atoms with Gasteiger partial charge in [-0.25, -0.2) is 12.8 Å². The molecule has 0 saturated carbocycles. The van der Waals surface area contributed by atoms with Gasteiger partial charge in [-0.1, -0.05) is 12.1 Å². The van der Waals surface area contributed by atoms with Crippen LogP contribution in [-0.2, 0) is 21.2 Å². The second-order valence-electron chi connectivity index (χ2n) is 8.94. The lowest BCUT2D eigenvalue weighted by atomic mass is 9.93. The molecule has 0 radical (unpaired) electrons. The number of sulfonamides is 1. The Morgan fingerprint density at radius 2 is 1.81 bits per heavy atom. The van der Waals surface area contributed by atoms with Crippen molar-refractivity contribution in [3.8, 4) is 5.75 Å². The molecule has 0 unspecified atom stereocenters. The predicted octanol–water partition coefficient (Wildman–Crippen LogP) is 3.38. The van der Waals surface area contributed by atoms with Crippen molar-refractivity contribution in [2.24, 2.45) is 0 Å². The molecule has 3 heterocycles. The highest BCUT2D eigenvalue weighted by Gasteiger charge is 2.34. The van der Waals surface area contributed by atoms with Crippen molar-refractivity contribution >= 4 is 27.3 Å². The molecule has 1 saturated heterocycles. The number of nitrogens with zero attached hydrogens (tertiary/aromatic N) is 3. The molecule has 2 aromatic carbocycles. The molecular weight excluding hydrogens is 501 g/mol. The summed E-state index contributed by atoms with van der Waals surface area (Å²) in [5.74, 6) is 0.250. The van der Waals surface area contributed by atoms with E-state index in [0.29, 0.717) is 25.4 Å². The first kappa shape index (κ1) is 24.9. The SMILES string of the molecule is COc1ccc(S(=O)(=O)N2CCN(C(=O)CN3CCc4sccc4[C@H]3c3cccc(F)c3)CC2)cc1. The van der Waals surface area contributed by atoms with Gasteiger partial charge in [0.25, 0.3) is 0 Å². The summed E-state index contributed by atoms with van der Waals surface area (Å²) < 4.78 is 46.7. The minimum Gasteiger partial charge on any atom is -0.497 e. The molecule has 1 atom stereocenters. The summed E-state index contributed by atoms with van der Waals surface area (Å²) in [5.41, 5.74) is 1.96. The topological polar surface area (TPSA) is 70.2 Å². The van der Waals surface area contributed by atoms with Gasteiger partial charge in [0.1, 0.15) is 11.6 Å². The minimum absolute atomic E-state index is 0.0448. The average Bonchev–Trinajstić information content (AvgIpc) is 3.37. The van der Waals surface area contributed by atoms with Gasteiger partial charge in [-0.3, -0.25) is 9.69 Å². The average molecular weight is 530 g/mol. The Morgan fingerprint density at radius 1 is 1.06 bits per heavy atom. The smallest absolute Gasteiger partial charge is 0.243 e. The first-order valence-electron chi connectivity index (χ1n) is 11.8. The number of benzene rings is 2. The molecule has 1 amide bonds. The molecule has 0 spiro atoms. The van der Waals surface area contributed by atoms with Crippen LogP contribution in [0.15, 0.2) is 64.9 Å². The van der Waals surface area contributed by atoms with Crippen molar-refractivity contribution in [3.63, 3.8) is 0 Å². The predicted molar refractivity (Wildman–Crippen MR) is 136 cm³/mol. The maximum atomic E-state index is 14.0. The van der Waals surface area contributed by atoms with Crippen molar-refractivity contribution in [1.82, 2.24) is 14.1 Å². The highest BCUT2D eigenvalue weighted by molar-refractivity contribution is 7.89. The highest BCUT2D eigenvalue weighted by atomic mass is 32.2. The number of halogens is 1. The van der Waals surface area contributed by atoms with Gasteiger partial charge in [-0.15, -0.1) is 11.3 Å². The van der Waals surface area contributed by atoms with Gasteiger partial charge >= 0.3 is 0 Å². The minimum atomic E-state index is -3.64. The van der Waals surface area contributed by atoms with E-state index in [1.54, 1.807) is 34.4 Å². The summed E-state index contributed by atoms with van der Waals surface area (Å²) >= 11 is 1.69. The molecule has 0 bridgehead atoms. The molecule has 2 aliphatic rings. The number of fused-ring (bicyclic) bond motifs is 1. The number of methoxy groups -OCH3 is 1. The van der Waals surface area contributed by atoms with Crippen LogP contribution in [0, 0.1) is 5.82 Å². The zero-order valence-corrected chi connectivity index (χ0v) is 21.6. The van der Waals surface area contributed by atoms with E-state index < -0.39 is 10.0 Å². The van der Waals surface area contributed by atoms with Gasteiger partial charge < -0.3 is 9.64 Å². The molecule has 2 aliphatic heterocycles. The molecular formula is C26H28FN3O4S2. The van der Waals surface area contributed by atoms with Gasteiger partial charge in [0.05, 0.1) is 24.6 Å². The largest absolute Gasteiger partial charge is 0.497 e. The van der Waals surface area contributed by atoms with Crippen LogP contribution < -0.4 is 4.74 Å². The Kier molecular flexibility index (Phi) is 7.11. The summed E-state index contributed by atoms with van der Waals surface area (Å²) in [6.45, 7) is 2.03. The Bertz CT molecular complexity index is 1340. The molecule has 1 fully saturated rings. The van der Waals surface area contributed by atoms with Crippen LogP contribution >= 0.6 is 11.3 Å². The molecule has 3 aromatic rings. The maximum Gasteiger partial charge on any atom is 0.243 e. The lowest BCUT2D eigenvalue weighted by molar-refractivity contribution is -0.134. The fourth-order valence-corrected chi connectivity index (χ4v) is 7.28. The first-order chi connectivity index (χ1) is 17.4. The molecule has 10 heteroatoms. The number of rotatable bonds is 6. The zero-order chi connectivity index (χ0) is 25.3. The third-order valence-electron chi connectivity index (χ3n) is 6.86. The van der Waals surface area contributed by atoms with Crippen molar-refractivity contribution < 1.29 is 22.3 Å². The third-order valence-corrected chi connectivity index (χ3v) is 9.77. The normalized spacial score (nSPS) is 19.2. The summed E-state index contributed by atoms with van der Waals surface area (Å²) in [5, 5.41) is 2.05. The molecule has 1 aromatic heterocycles. The lowest BCUT2D eigenvalue weighted by Crippen LogP contribution is -2.53. The Balaban J connectivity index is 1.26. The van der Waals surface area contributed by atoms with E-state index in [-0.39, 0.29) is 42.3 Å². The van der Waals surface area contributed by atoms with Gasteiger partial charge in [0.2, 0.25) is 15.9 Å². The second-order valence-corrected chi connectivity index (χ2v) is 11.9. The summed E-state index contributed by atoms with van der Waals surface area (Å²) in [4.78, 5) is 18.6. The van der Waals surface area contributed by atoms with Crippen LogP contribution in [0.25, 0.3) is 0 Å².